The fourth-order valence-corrected chi connectivity index (χ4v) is 2.80. The Hall–Kier alpha value is -2.10. The van der Waals surface area contributed by atoms with Gasteiger partial charge in [0, 0.05) is 37.0 Å². The van der Waals surface area contributed by atoms with Crippen molar-refractivity contribution in [2.24, 2.45) is 0 Å². The molecule has 0 amide bonds. The summed E-state index contributed by atoms with van der Waals surface area (Å²) in [6.07, 6.45) is 5.33. The van der Waals surface area contributed by atoms with Crippen molar-refractivity contribution in [3.8, 4) is 0 Å². The second kappa shape index (κ2) is 5.49. The Morgan fingerprint density at radius 1 is 1.30 bits per heavy atom. The first-order chi connectivity index (χ1) is 9.79. The molecule has 0 saturated heterocycles. The topological polar surface area (TPSA) is 38.1 Å². The fraction of sp³-hybridized carbons (Fsp3) is 0.375. The molecule has 1 aliphatic heterocycles. The van der Waals surface area contributed by atoms with Gasteiger partial charge in [0.2, 0.25) is 0 Å². The highest BCUT2D eigenvalue weighted by Crippen LogP contribution is 2.27. The Morgan fingerprint density at radius 3 is 3.00 bits per heavy atom. The zero-order valence-electron chi connectivity index (χ0n) is 11.7. The first kappa shape index (κ1) is 12.9. The van der Waals surface area contributed by atoms with Crippen LogP contribution in [0.4, 0.5) is 5.69 Å². The number of ketones is 1. The van der Waals surface area contributed by atoms with Crippen molar-refractivity contribution in [3.05, 3.63) is 48.0 Å². The Balaban J connectivity index is 1.93. The van der Waals surface area contributed by atoms with Gasteiger partial charge in [0.1, 0.15) is 0 Å². The average Bonchev–Trinajstić information content (AvgIpc) is 2.86. The van der Waals surface area contributed by atoms with Gasteiger partial charge in [-0.15, -0.1) is 0 Å². The molecule has 104 valence electrons. The number of aryl methyl sites for hydroxylation is 1. The number of carbonyl (C=O) groups excluding carboxylic acids is 1. The maximum absolute atomic E-state index is 12.1. The summed E-state index contributed by atoms with van der Waals surface area (Å²) in [4.78, 5) is 18.6. The first-order valence-electron chi connectivity index (χ1n) is 7.15. The Labute approximate surface area is 119 Å². The molecule has 1 aromatic heterocycles. The maximum atomic E-state index is 12.1. The maximum Gasteiger partial charge on any atom is 0.165 e. The van der Waals surface area contributed by atoms with Gasteiger partial charge in [-0.3, -0.25) is 4.79 Å². The van der Waals surface area contributed by atoms with Crippen molar-refractivity contribution in [1.82, 2.24) is 9.55 Å². The van der Waals surface area contributed by atoms with Crippen LogP contribution in [0.15, 0.2) is 36.8 Å². The molecule has 0 spiro atoms. The van der Waals surface area contributed by atoms with Crippen LogP contribution in [0, 0.1) is 0 Å². The van der Waals surface area contributed by atoms with Gasteiger partial charge in [-0.25, -0.2) is 4.98 Å². The van der Waals surface area contributed by atoms with Crippen LogP contribution < -0.4 is 4.90 Å². The molecule has 0 N–H and O–H groups in total. The zero-order valence-corrected chi connectivity index (χ0v) is 11.7. The molecular weight excluding hydrogens is 250 g/mol. The number of Topliss-reactive ketones (excluding diaryl/α,β-unsaturated/α-hetero) is 1. The third-order valence-corrected chi connectivity index (χ3v) is 3.87. The highest BCUT2D eigenvalue weighted by Gasteiger charge is 2.21. The summed E-state index contributed by atoms with van der Waals surface area (Å²) in [7, 11) is 0. The number of anilines is 1. The van der Waals surface area contributed by atoms with Crippen LogP contribution in [0.5, 0.6) is 0 Å². The third kappa shape index (κ3) is 2.33. The van der Waals surface area contributed by atoms with Crippen molar-refractivity contribution in [3.63, 3.8) is 0 Å². The monoisotopic (exact) mass is 269 g/mol. The highest BCUT2D eigenvalue weighted by molar-refractivity contribution is 6.01. The van der Waals surface area contributed by atoms with E-state index in [1.807, 2.05) is 36.8 Å². The number of carbonyl (C=O) groups is 1. The summed E-state index contributed by atoms with van der Waals surface area (Å²) in [6, 6.07) is 7.93. The molecule has 0 fully saturated rings. The van der Waals surface area contributed by atoms with E-state index in [1.165, 1.54) is 5.69 Å². The molecule has 20 heavy (non-hydrogen) atoms. The van der Waals surface area contributed by atoms with E-state index in [0.29, 0.717) is 6.42 Å². The van der Waals surface area contributed by atoms with Crippen LogP contribution in [0.1, 0.15) is 35.8 Å². The molecule has 1 aromatic carbocycles. The van der Waals surface area contributed by atoms with Crippen LogP contribution >= 0.6 is 0 Å². The molecule has 2 aromatic rings. The van der Waals surface area contributed by atoms with Gasteiger partial charge < -0.3 is 9.47 Å². The third-order valence-electron chi connectivity index (χ3n) is 3.87. The number of fused-ring (bicyclic) bond motifs is 1. The Kier molecular flexibility index (Phi) is 3.54. The molecule has 0 atom stereocenters. The number of nitrogens with zero attached hydrogens (tertiary/aromatic N) is 3. The average molecular weight is 269 g/mol. The normalized spacial score (nSPS) is 15.1. The smallest absolute Gasteiger partial charge is 0.165 e. The molecule has 4 heteroatoms. The molecule has 0 unspecified atom stereocenters. The number of hydrogen-bond donors (Lipinski definition) is 0. The van der Waals surface area contributed by atoms with E-state index in [1.54, 1.807) is 0 Å². The van der Waals surface area contributed by atoms with E-state index in [-0.39, 0.29) is 5.78 Å². The quantitative estimate of drug-likeness (QED) is 0.860. The second-order valence-corrected chi connectivity index (χ2v) is 5.14. The lowest BCUT2D eigenvalue weighted by molar-refractivity contribution is 0.0984. The summed E-state index contributed by atoms with van der Waals surface area (Å²) < 4.78 is 2.15. The number of para-hydroxylation sites is 1. The predicted molar refractivity (Wildman–Crippen MR) is 79.0 cm³/mol. The molecule has 0 aliphatic carbocycles. The molecule has 0 radical (unpaired) electrons. The lowest BCUT2D eigenvalue weighted by atomic mass is 10.1. The number of rotatable bonds is 3. The summed E-state index contributed by atoms with van der Waals surface area (Å²) in [5, 5.41) is 0. The van der Waals surface area contributed by atoms with Crippen LogP contribution in [0.2, 0.25) is 0 Å². The number of hydrogen-bond acceptors (Lipinski definition) is 3. The van der Waals surface area contributed by atoms with Crippen molar-refractivity contribution in [2.75, 3.05) is 11.4 Å². The standard InChI is InChI=1S/C16H19N3O/c1-2-18-12-17-10-13(18)11-19-9-5-8-16(20)14-6-3-4-7-15(14)19/h3-4,6-7,10,12H,2,5,8-9,11H2,1H3. The lowest BCUT2D eigenvalue weighted by Gasteiger charge is -2.24. The van der Waals surface area contributed by atoms with E-state index in [9.17, 15) is 4.79 Å². The van der Waals surface area contributed by atoms with Gasteiger partial charge in [-0.05, 0) is 25.5 Å². The van der Waals surface area contributed by atoms with Crippen molar-refractivity contribution in [1.29, 1.82) is 0 Å². The summed E-state index contributed by atoms with van der Waals surface area (Å²) in [5.41, 5.74) is 3.10. The molecule has 0 saturated carbocycles. The number of benzene rings is 1. The van der Waals surface area contributed by atoms with Crippen LogP contribution in [0.25, 0.3) is 0 Å². The number of imidazole rings is 1. The fourth-order valence-electron chi connectivity index (χ4n) is 2.80. The summed E-state index contributed by atoms with van der Waals surface area (Å²) in [5.74, 6) is 0.257. The molecular formula is C16H19N3O. The minimum absolute atomic E-state index is 0.257. The summed E-state index contributed by atoms with van der Waals surface area (Å²) >= 11 is 0. The van der Waals surface area contributed by atoms with E-state index in [2.05, 4.69) is 21.4 Å². The van der Waals surface area contributed by atoms with Crippen molar-refractivity contribution in [2.45, 2.75) is 32.9 Å². The minimum Gasteiger partial charge on any atom is -0.365 e. The van der Waals surface area contributed by atoms with E-state index in [4.69, 9.17) is 0 Å². The van der Waals surface area contributed by atoms with Crippen molar-refractivity contribution < 1.29 is 4.79 Å². The Bertz CT molecular complexity index is 618. The van der Waals surface area contributed by atoms with Gasteiger partial charge in [0.25, 0.3) is 0 Å². The molecule has 2 heterocycles. The highest BCUT2D eigenvalue weighted by atomic mass is 16.1. The van der Waals surface area contributed by atoms with Gasteiger partial charge in [0.15, 0.2) is 5.78 Å². The number of aromatic nitrogens is 2. The van der Waals surface area contributed by atoms with Gasteiger partial charge >= 0.3 is 0 Å². The van der Waals surface area contributed by atoms with Crippen LogP contribution in [0.3, 0.4) is 0 Å². The van der Waals surface area contributed by atoms with Gasteiger partial charge in [-0.2, -0.15) is 0 Å². The van der Waals surface area contributed by atoms with Crippen LogP contribution in [-0.4, -0.2) is 21.9 Å². The van der Waals surface area contributed by atoms with E-state index in [0.717, 1.165) is 37.3 Å². The van der Waals surface area contributed by atoms with Crippen molar-refractivity contribution >= 4 is 11.5 Å². The SMILES string of the molecule is CCn1cncc1CN1CCCC(=O)c2ccccc21. The molecule has 0 bridgehead atoms. The van der Waals surface area contributed by atoms with Crippen LogP contribution in [-0.2, 0) is 13.1 Å². The van der Waals surface area contributed by atoms with Gasteiger partial charge in [0.05, 0.1) is 18.6 Å². The first-order valence-corrected chi connectivity index (χ1v) is 7.15. The second-order valence-electron chi connectivity index (χ2n) is 5.14. The van der Waals surface area contributed by atoms with E-state index < -0.39 is 0 Å². The van der Waals surface area contributed by atoms with Gasteiger partial charge in [-0.1, -0.05) is 12.1 Å². The largest absolute Gasteiger partial charge is 0.365 e. The Morgan fingerprint density at radius 2 is 2.15 bits per heavy atom. The summed E-state index contributed by atoms with van der Waals surface area (Å²) in [6.45, 7) is 4.75. The minimum atomic E-state index is 0.257. The zero-order chi connectivity index (χ0) is 13.9. The molecule has 4 nitrogen and oxygen atoms in total. The molecule has 3 rings (SSSR count). The predicted octanol–water partition coefficient (Wildman–Crippen LogP) is 2.89. The molecule has 1 aliphatic rings. The van der Waals surface area contributed by atoms with E-state index >= 15 is 0 Å². The lowest BCUT2D eigenvalue weighted by Crippen LogP contribution is -2.25.